The third kappa shape index (κ3) is 4.20. The predicted molar refractivity (Wildman–Crippen MR) is 108 cm³/mol. The Morgan fingerprint density at radius 3 is 2.74 bits per heavy atom. The normalized spacial score (nSPS) is 14.3. The first kappa shape index (κ1) is 17.8. The first-order valence-electron chi connectivity index (χ1n) is 8.87. The third-order valence-corrected chi connectivity index (χ3v) is 5.55. The van der Waals surface area contributed by atoms with Crippen molar-refractivity contribution < 1.29 is 14.3 Å². The highest BCUT2D eigenvalue weighted by Gasteiger charge is 2.15. The van der Waals surface area contributed by atoms with E-state index in [2.05, 4.69) is 10.2 Å². The maximum absolute atomic E-state index is 12.3. The lowest BCUT2D eigenvalue weighted by Gasteiger charge is -2.25. The lowest BCUT2D eigenvalue weighted by atomic mass is 10.1. The third-order valence-electron chi connectivity index (χ3n) is 4.47. The molecule has 140 valence electrons. The van der Waals surface area contributed by atoms with E-state index in [1.807, 2.05) is 42.5 Å². The fourth-order valence-corrected chi connectivity index (χ4v) is 4.07. The van der Waals surface area contributed by atoms with Crippen LogP contribution < -0.4 is 15.0 Å². The highest BCUT2D eigenvalue weighted by molar-refractivity contribution is 7.22. The zero-order valence-corrected chi connectivity index (χ0v) is 15.9. The van der Waals surface area contributed by atoms with E-state index in [-0.39, 0.29) is 5.91 Å². The minimum atomic E-state index is -0.0440. The molecule has 0 saturated carbocycles. The molecular weight excluding hydrogens is 362 g/mol. The van der Waals surface area contributed by atoms with Crippen LogP contribution in [0.4, 0.5) is 10.8 Å². The molecule has 4 rings (SSSR count). The molecule has 0 unspecified atom stereocenters. The van der Waals surface area contributed by atoms with Crippen LogP contribution in [0.1, 0.15) is 5.56 Å². The van der Waals surface area contributed by atoms with Gasteiger partial charge in [0, 0.05) is 18.8 Å². The predicted octanol–water partition coefficient (Wildman–Crippen LogP) is 3.32. The number of morpholine rings is 1. The van der Waals surface area contributed by atoms with Crippen molar-refractivity contribution >= 4 is 38.3 Å². The van der Waals surface area contributed by atoms with Crippen LogP contribution in [0, 0.1) is 0 Å². The number of nitrogens with zero attached hydrogens (tertiary/aromatic N) is 2. The summed E-state index contributed by atoms with van der Waals surface area (Å²) in [5.74, 6) is 0.739. The van der Waals surface area contributed by atoms with Crippen LogP contribution in [-0.4, -0.2) is 44.3 Å². The van der Waals surface area contributed by atoms with Gasteiger partial charge in [0.2, 0.25) is 5.91 Å². The molecule has 2 aromatic carbocycles. The van der Waals surface area contributed by atoms with Crippen molar-refractivity contribution in [3.05, 3.63) is 48.0 Å². The molecule has 3 aromatic rings. The van der Waals surface area contributed by atoms with E-state index in [9.17, 15) is 4.79 Å². The van der Waals surface area contributed by atoms with Crippen molar-refractivity contribution in [1.29, 1.82) is 0 Å². The van der Waals surface area contributed by atoms with Crippen LogP contribution >= 0.6 is 11.3 Å². The first-order valence-corrected chi connectivity index (χ1v) is 9.69. The lowest BCUT2D eigenvalue weighted by molar-refractivity contribution is -0.115. The quantitative estimate of drug-likeness (QED) is 0.732. The van der Waals surface area contributed by atoms with Gasteiger partial charge in [-0.15, -0.1) is 0 Å². The number of thiazole rings is 1. The van der Waals surface area contributed by atoms with Gasteiger partial charge >= 0.3 is 0 Å². The van der Waals surface area contributed by atoms with E-state index in [4.69, 9.17) is 14.5 Å². The van der Waals surface area contributed by atoms with Gasteiger partial charge < -0.3 is 19.7 Å². The number of amides is 1. The van der Waals surface area contributed by atoms with E-state index in [1.165, 1.54) is 0 Å². The number of fused-ring (bicyclic) bond motifs is 1. The molecule has 7 heteroatoms. The van der Waals surface area contributed by atoms with Crippen molar-refractivity contribution in [2.24, 2.45) is 0 Å². The van der Waals surface area contributed by atoms with Gasteiger partial charge in [-0.05, 0) is 35.9 Å². The molecule has 1 aromatic heterocycles. The minimum absolute atomic E-state index is 0.0440. The summed E-state index contributed by atoms with van der Waals surface area (Å²) in [5.41, 5.74) is 2.69. The number of benzene rings is 2. The second-order valence-electron chi connectivity index (χ2n) is 6.35. The van der Waals surface area contributed by atoms with Crippen LogP contribution in [0.15, 0.2) is 42.5 Å². The van der Waals surface area contributed by atoms with E-state index < -0.39 is 0 Å². The van der Waals surface area contributed by atoms with Crippen molar-refractivity contribution in [3.63, 3.8) is 0 Å². The fraction of sp³-hybridized carbons (Fsp3) is 0.300. The smallest absolute Gasteiger partial charge is 0.228 e. The highest BCUT2D eigenvalue weighted by atomic mass is 32.1. The van der Waals surface area contributed by atoms with Crippen molar-refractivity contribution in [1.82, 2.24) is 4.98 Å². The Kier molecular flexibility index (Phi) is 5.22. The van der Waals surface area contributed by atoms with E-state index >= 15 is 0 Å². The molecule has 0 radical (unpaired) electrons. The molecule has 0 aliphatic carbocycles. The van der Waals surface area contributed by atoms with E-state index in [0.29, 0.717) is 6.42 Å². The maximum atomic E-state index is 12.3. The zero-order valence-electron chi connectivity index (χ0n) is 15.1. The number of nitrogens with one attached hydrogen (secondary N) is 1. The van der Waals surface area contributed by atoms with Crippen LogP contribution in [0.5, 0.6) is 5.75 Å². The minimum Gasteiger partial charge on any atom is -0.497 e. The fourth-order valence-electron chi connectivity index (χ4n) is 3.01. The van der Waals surface area contributed by atoms with Gasteiger partial charge in [-0.1, -0.05) is 23.5 Å². The molecule has 1 N–H and O–H groups in total. The molecule has 1 saturated heterocycles. The zero-order chi connectivity index (χ0) is 18.6. The molecular formula is C20H21N3O3S. The SMILES string of the molecule is COc1ccc(CC(=O)Nc2ccc3nc(N4CCOCC4)sc3c2)cc1. The van der Waals surface area contributed by atoms with Gasteiger partial charge in [0.05, 0.1) is 37.0 Å². The molecule has 1 fully saturated rings. The van der Waals surface area contributed by atoms with Gasteiger partial charge in [-0.3, -0.25) is 4.79 Å². The summed E-state index contributed by atoms with van der Waals surface area (Å²) < 4.78 is 11.6. The number of methoxy groups -OCH3 is 1. The molecule has 0 spiro atoms. The Balaban J connectivity index is 1.44. The van der Waals surface area contributed by atoms with E-state index in [0.717, 1.165) is 58.7 Å². The standard InChI is InChI=1S/C20H21N3O3S/c1-25-16-5-2-14(3-6-16)12-19(24)21-15-4-7-17-18(13-15)27-20(22-17)23-8-10-26-11-9-23/h2-7,13H,8-12H2,1H3,(H,21,24). The van der Waals surface area contributed by atoms with Gasteiger partial charge in [0.1, 0.15) is 5.75 Å². The summed E-state index contributed by atoms with van der Waals surface area (Å²) in [4.78, 5) is 19.3. The Bertz CT molecular complexity index is 933. The Morgan fingerprint density at radius 1 is 1.22 bits per heavy atom. The van der Waals surface area contributed by atoms with Gasteiger partial charge in [-0.25, -0.2) is 4.98 Å². The number of aromatic nitrogens is 1. The number of rotatable bonds is 5. The molecule has 1 aliphatic heterocycles. The van der Waals surface area contributed by atoms with E-state index in [1.54, 1.807) is 18.4 Å². The van der Waals surface area contributed by atoms with Crippen LogP contribution in [0.3, 0.4) is 0 Å². The summed E-state index contributed by atoms with van der Waals surface area (Å²) >= 11 is 1.65. The number of hydrogen-bond acceptors (Lipinski definition) is 6. The summed E-state index contributed by atoms with van der Waals surface area (Å²) in [7, 11) is 1.63. The monoisotopic (exact) mass is 383 g/mol. The lowest BCUT2D eigenvalue weighted by Crippen LogP contribution is -2.36. The largest absolute Gasteiger partial charge is 0.497 e. The van der Waals surface area contributed by atoms with Crippen LogP contribution in [-0.2, 0) is 16.0 Å². The summed E-state index contributed by atoms with van der Waals surface area (Å²) in [6, 6.07) is 13.4. The average Bonchev–Trinajstić information content (AvgIpc) is 3.12. The second kappa shape index (κ2) is 7.94. The molecule has 1 amide bonds. The van der Waals surface area contributed by atoms with Gasteiger partial charge in [-0.2, -0.15) is 0 Å². The molecule has 0 bridgehead atoms. The Labute approximate surface area is 161 Å². The molecule has 27 heavy (non-hydrogen) atoms. The summed E-state index contributed by atoms with van der Waals surface area (Å²) in [5, 5.41) is 3.98. The Morgan fingerprint density at radius 2 is 2.00 bits per heavy atom. The first-order chi connectivity index (χ1) is 13.2. The topological polar surface area (TPSA) is 63.7 Å². The molecule has 0 atom stereocenters. The number of carbonyl (C=O) groups excluding carboxylic acids is 1. The van der Waals surface area contributed by atoms with Crippen molar-refractivity contribution in [3.8, 4) is 5.75 Å². The molecule has 6 nitrogen and oxygen atoms in total. The number of hydrogen-bond donors (Lipinski definition) is 1. The summed E-state index contributed by atoms with van der Waals surface area (Å²) in [6.07, 6.45) is 0.323. The summed E-state index contributed by atoms with van der Waals surface area (Å²) in [6.45, 7) is 3.21. The second-order valence-corrected chi connectivity index (χ2v) is 7.36. The number of anilines is 2. The van der Waals surface area contributed by atoms with Crippen LogP contribution in [0.2, 0.25) is 0 Å². The van der Waals surface area contributed by atoms with Crippen molar-refractivity contribution in [2.45, 2.75) is 6.42 Å². The highest BCUT2D eigenvalue weighted by Crippen LogP contribution is 2.31. The van der Waals surface area contributed by atoms with Gasteiger partial charge in [0.25, 0.3) is 0 Å². The number of carbonyl (C=O) groups is 1. The number of ether oxygens (including phenoxy) is 2. The molecule has 2 heterocycles. The van der Waals surface area contributed by atoms with Gasteiger partial charge in [0.15, 0.2) is 5.13 Å². The Hall–Kier alpha value is -2.64. The average molecular weight is 383 g/mol. The molecule has 1 aliphatic rings. The maximum Gasteiger partial charge on any atom is 0.228 e. The van der Waals surface area contributed by atoms with Crippen molar-refractivity contribution in [2.75, 3.05) is 43.6 Å². The van der Waals surface area contributed by atoms with Crippen LogP contribution in [0.25, 0.3) is 10.2 Å².